The molecule has 0 aromatic carbocycles. The van der Waals surface area contributed by atoms with Gasteiger partial charge in [-0.05, 0) is 26.2 Å². The van der Waals surface area contributed by atoms with Crippen LogP contribution in [-0.2, 0) is 9.08 Å². The van der Waals surface area contributed by atoms with Gasteiger partial charge < -0.3 is 10.8 Å². The molecule has 1 aliphatic rings. The minimum absolute atomic E-state index is 0.493. The van der Waals surface area contributed by atoms with E-state index in [0.717, 1.165) is 30.9 Å². The molecule has 0 saturated heterocycles. The fourth-order valence-corrected chi connectivity index (χ4v) is 1.65. The van der Waals surface area contributed by atoms with Crippen LogP contribution in [0.15, 0.2) is 4.40 Å². The average Bonchev–Trinajstić information content (AvgIpc) is 2.58. The summed E-state index contributed by atoms with van der Waals surface area (Å²) in [5.74, 6) is -0.108. The molecule has 86 valence electrons. The lowest BCUT2D eigenvalue weighted by Gasteiger charge is -2.14. The Morgan fingerprint density at radius 2 is 2.47 bits per heavy atom. The lowest BCUT2D eigenvalue weighted by Crippen LogP contribution is -2.30. The van der Waals surface area contributed by atoms with Gasteiger partial charge in [-0.15, -0.1) is 0 Å². The predicted octanol–water partition coefficient (Wildman–Crippen LogP) is 0.797. The van der Waals surface area contributed by atoms with Gasteiger partial charge in [-0.2, -0.15) is 8.68 Å². The van der Waals surface area contributed by atoms with Crippen molar-refractivity contribution in [3.05, 3.63) is 0 Å². The molecular formula is C8H15N3O3S. The van der Waals surface area contributed by atoms with Crippen LogP contribution in [0, 0.1) is 0 Å². The van der Waals surface area contributed by atoms with Crippen molar-refractivity contribution in [3.63, 3.8) is 0 Å². The quantitative estimate of drug-likeness (QED) is 0.401. The third-order valence-corrected chi connectivity index (χ3v) is 2.68. The monoisotopic (exact) mass is 233 g/mol. The molecule has 15 heavy (non-hydrogen) atoms. The SMILES string of the molecule is CC1=NSON1CCCC[C@H](N)C(=O)O. The summed E-state index contributed by atoms with van der Waals surface area (Å²) >= 11 is 1.05. The van der Waals surface area contributed by atoms with E-state index < -0.39 is 12.0 Å². The Balaban J connectivity index is 2.07. The number of rotatable bonds is 6. The minimum Gasteiger partial charge on any atom is -0.480 e. The second-order valence-electron chi connectivity index (χ2n) is 3.33. The van der Waals surface area contributed by atoms with Gasteiger partial charge >= 0.3 is 5.97 Å². The molecule has 1 heterocycles. The molecule has 1 atom stereocenters. The topological polar surface area (TPSA) is 88.1 Å². The first-order valence-corrected chi connectivity index (χ1v) is 5.45. The zero-order chi connectivity index (χ0) is 11.3. The number of hydrogen-bond donors (Lipinski definition) is 2. The van der Waals surface area contributed by atoms with Gasteiger partial charge in [0, 0.05) is 6.54 Å². The number of unbranched alkanes of at least 4 members (excludes halogenated alkanes) is 1. The summed E-state index contributed by atoms with van der Waals surface area (Å²) in [5.41, 5.74) is 5.37. The molecule has 0 amide bonds. The Kier molecular flexibility index (Phi) is 4.86. The Hall–Kier alpha value is -0.790. The molecule has 0 radical (unpaired) electrons. The lowest BCUT2D eigenvalue weighted by atomic mass is 10.1. The van der Waals surface area contributed by atoms with E-state index in [9.17, 15) is 4.79 Å². The molecule has 6 nitrogen and oxygen atoms in total. The summed E-state index contributed by atoms with van der Waals surface area (Å²) in [6.07, 6.45) is 2.10. The predicted molar refractivity (Wildman–Crippen MR) is 58.0 cm³/mol. The average molecular weight is 233 g/mol. The van der Waals surface area contributed by atoms with Crippen LogP contribution in [-0.4, -0.2) is 34.6 Å². The van der Waals surface area contributed by atoms with Crippen molar-refractivity contribution in [2.45, 2.75) is 32.2 Å². The van der Waals surface area contributed by atoms with Gasteiger partial charge in [0.05, 0.1) is 0 Å². The highest BCUT2D eigenvalue weighted by molar-refractivity contribution is 7.93. The summed E-state index contributed by atoms with van der Waals surface area (Å²) < 4.78 is 9.10. The molecule has 3 N–H and O–H groups in total. The van der Waals surface area contributed by atoms with E-state index in [1.54, 1.807) is 5.06 Å². The van der Waals surface area contributed by atoms with Gasteiger partial charge in [-0.3, -0.25) is 4.79 Å². The van der Waals surface area contributed by atoms with E-state index in [-0.39, 0.29) is 0 Å². The normalized spacial score (nSPS) is 17.7. The zero-order valence-electron chi connectivity index (χ0n) is 8.55. The Morgan fingerprint density at radius 3 is 3.00 bits per heavy atom. The Morgan fingerprint density at radius 1 is 1.73 bits per heavy atom. The third-order valence-electron chi connectivity index (χ3n) is 2.10. The number of carboxylic acids is 1. The van der Waals surface area contributed by atoms with Crippen LogP contribution in [0.2, 0.25) is 0 Å². The maximum Gasteiger partial charge on any atom is 0.320 e. The first-order valence-electron chi connectivity index (χ1n) is 4.75. The van der Waals surface area contributed by atoms with Gasteiger partial charge in [-0.25, -0.2) is 5.06 Å². The first-order chi connectivity index (χ1) is 7.11. The largest absolute Gasteiger partial charge is 0.480 e. The fraction of sp³-hybridized carbons (Fsp3) is 0.750. The summed E-state index contributed by atoms with van der Waals surface area (Å²) in [5, 5.41) is 10.2. The van der Waals surface area contributed by atoms with Gasteiger partial charge in [0.15, 0.2) is 12.2 Å². The maximum absolute atomic E-state index is 10.4. The number of amidine groups is 1. The highest BCUT2D eigenvalue weighted by Crippen LogP contribution is 2.18. The zero-order valence-corrected chi connectivity index (χ0v) is 9.37. The number of hydrogen-bond acceptors (Lipinski definition) is 6. The molecule has 0 aromatic heterocycles. The smallest absolute Gasteiger partial charge is 0.320 e. The molecule has 0 spiro atoms. The van der Waals surface area contributed by atoms with Crippen LogP contribution < -0.4 is 5.73 Å². The first kappa shape index (κ1) is 12.3. The van der Waals surface area contributed by atoms with Crippen LogP contribution in [0.1, 0.15) is 26.2 Å². The number of hydroxylamine groups is 2. The summed E-state index contributed by atoms with van der Waals surface area (Å²) in [6, 6.07) is -0.756. The lowest BCUT2D eigenvalue weighted by molar-refractivity contribution is -0.138. The molecule has 7 heteroatoms. The van der Waals surface area contributed by atoms with Gasteiger partial charge in [0.1, 0.15) is 11.9 Å². The Bertz CT molecular complexity index is 260. The van der Waals surface area contributed by atoms with Crippen LogP contribution in [0.25, 0.3) is 0 Å². The van der Waals surface area contributed by atoms with E-state index in [1.165, 1.54) is 0 Å². The van der Waals surface area contributed by atoms with Crippen molar-refractivity contribution < 1.29 is 14.2 Å². The molecule has 0 fully saturated rings. The molecule has 1 rings (SSSR count). The van der Waals surface area contributed by atoms with Crippen molar-refractivity contribution >= 4 is 24.0 Å². The number of aliphatic carboxylic acids is 1. The Labute approximate surface area is 92.8 Å². The number of carbonyl (C=O) groups is 1. The number of carboxylic acid groups (broad SMARTS) is 1. The molecule has 0 saturated carbocycles. The van der Waals surface area contributed by atoms with Crippen molar-refractivity contribution in [2.24, 2.45) is 10.1 Å². The standard InChI is InChI=1S/C8H15N3O3S/c1-6-10-15-14-11(6)5-3-2-4-7(9)8(12)13/h7H,2-5,9H2,1H3,(H,12,13)/t7-/m0/s1. The highest BCUT2D eigenvalue weighted by Gasteiger charge is 2.15. The molecule has 0 bridgehead atoms. The van der Waals surface area contributed by atoms with Gasteiger partial charge in [0.2, 0.25) is 0 Å². The van der Waals surface area contributed by atoms with Crippen molar-refractivity contribution in [3.8, 4) is 0 Å². The fourth-order valence-electron chi connectivity index (χ4n) is 1.15. The second-order valence-corrected chi connectivity index (χ2v) is 3.81. The van der Waals surface area contributed by atoms with Crippen LogP contribution >= 0.6 is 12.2 Å². The van der Waals surface area contributed by atoms with Gasteiger partial charge in [0.25, 0.3) is 0 Å². The van der Waals surface area contributed by atoms with Crippen LogP contribution in [0.3, 0.4) is 0 Å². The van der Waals surface area contributed by atoms with E-state index in [1.807, 2.05) is 6.92 Å². The third kappa shape index (κ3) is 4.06. The highest BCUT2D eigenvalue weighted by atomic mass is 32.2. The second kappa shape index (κ2) is 5.94. The van der Waals surface area contributed by atoms with E-state index in [0.29, 0.717) is 13.0 Å². The molecule has 0 aliphatic carbocycles. The number of nitrogens with zero attached hydrogens (tertiary/aromatic N) is 2. The molecule has 0 unspecified atom stereocenters. The molecule has 0 aromatic rings. The van der Waals surface area contributed by atoms with Crippen molar-refractivity contribution in [1.82, 2.24) is 5.06 Å². The van der Waals surface area contributed by atoms with Crippen molar-refractivity contribution in [2.75, 3.05) is 6.54 Å². The molecular weight excluding hydrogens is 218 g/mol. The minimum atomic E-state index is -0.944. The van der Waals surface area contributed by atoms with E-state index in [4.69, 9.17) is 15.1 Å². The summed E-state index contributed by atoms with van der Waals surface area (Å²) in [6.45, 7) is 2.58. The van der Waals surface area contributed by atoms with Crippen LogP contribution in [0.4, 0.5) is 0 Å². The van der Waals surface area contributed by atoms with E-state index >= 15 is 0 Å². The van der Waals surface area contributed by atoms with Crippen LogP contribution in [0.5, 0.6) is 0 Å². The maximum atomic E-state index is 10.4. The summed E-state index contributed by atoms with van der Waals surface area (Å²) in [7, 11) is 0. The number of nitrogens with two attached hydrogens (primary N) is 1. The summed E-state index contributed by atoms with van der Waals surface area (Å²) in [4.78, 5) is 10.4. The molecule has 1 aliphatic heterocycles. The van der Waals surface area contributed by atoms with Crippen molar-refractivity contribution in [1.29, 1.82) is 0 Å². The van der Waals surface area contributed by atoms with Gasteiger partial charge in [-0.1, -0.05) is 0 Å². The van der Waals surface area contributed by atoms with E-state index in [2.05, 4.69) is 4.40 Å².